The van der Waals surface area contributed by atoms with Gasteiger partial charge in [-0.2, -0.15) is 0 Å². The van der Waals surface area contributed by atoms with Crippen LogP contribution in [0.4, 0.5) is 0 Å². The van der Waals surface area contributed by atoms with Crippen LogP contribution in [0.1, 0.15) is 187 Å². The number of aliphatic hydroxyl groups excluding tert-OH is 5. The first kappa shape index (κ1) is 50.9. The van der Waals surface area contributed by atoms with E-state index < -0.39 is 63.1 Å². The van der Waals surface area contributed by atoms with Gasteiger partial charge in [-0.25, -0.2) is 4.57 Å². The molecule has 0 radical (unpaired) electrons. The highest BCUT2D eigenvalue weighted by molar-refractivity contribution is 7.47. The molecule has 0 heterocycles. The van der Waals surface area contributed by atoms with E-state index in [1.807, 2.05) is 6.08 Å². The molecule has 1 aliphatic rings. The van der Waals surface area contributed by atoms with Crippen molar-refractivity contribution in [3.05, 3.63) is 12.3 Å². The minimum Gasteiger partial charge on any atom is -0.498 e. The fourth-order valence-corrected chi connectivity index (χ4v) is 7.71. The van der Waals surface area contributed by atoms with E-state index in [1.54, 1.807) is 0 Å². The van der Waals surface area contributed by atoms with E-state index in [4.69, 9.17) is 18.5 Å². The highest BCUT2D eigenvalue weighted by Gasteiger charge is 2.51. The van der Waals surface area contributed by atoms with Crippen LogP contribution < -0.4 is 0 Å². The van der Waals surface area contributed by atoms with Gasteiger partial charge in [0.1, 0.15) is 43.2 Å². The lowest BCUT2D eigenvalue weighted by Gasteiger charge is -2.41. The predicted molar refractivity (Wildman–Crippen MR) is 212 cm³/mol. The topological polar surface area (TPSA) is 192 Å². The van der Waals surface area contributed by atoms with Gasteiger partial charge in [-0.05, 0) is 25.3 Å². The summed E-state index contributed by atoms with van der Waals surface area (Å²) < 4.78 is 33.8. The molecule has 1 rings (SSSR count). The number of unbranched alkanes of at least 4 members (excludes halogenated alkanes) is 24. The molecule has 6 N–H and O–H groups in total. The molecule has 1 aliphatic carbocycles. The van der Waals surface area contributed by atoms with Crippen LogP contribution in [-0.2, 0) is 27.9 Å². The molecular weight excluding hydrogens is 715 g/mol. The van der Waals surface area contributed by atoms with E-state index in [1.165, 1.54) is 128 Å². The summed E-state index contributed by atoms with van der Waals surface area (Å²) in [5.74, 6) is -0.497. The standard InChI is InChI=1S/C41H79O12P/c1-3-5-7-9-11-13-15-17-19-21-23-25-27-29-31-50-32-34(33-51-54(48,49)53-41-39(46)37(44)36(43)38(45)40(41)47)52-35(42)30-28-26-24-22-20-18-16-14-12-10-8-6-4-2/h29,31,34,36-41,43-47H,3-28,30,32-33H2,1-2H3,(H,48,49)/b31-29-/t34-,36?,37-,38?,39?,40?,41?/m1/s1. The van der Waals surface area contributed by atoms with Gasteiger partial charge in [0.2, 0.25) is 0 Å². The van der Waals surface area contributed by atoms with Crippen molar-refractivity contribution in [2.75, 3.05) is 13.2 Å². The molecule has 8 atom stereocenters. The zero-order valence-electron chi connectivity index (χ0n) is 33.8. The molecule has 0 saturated heterocycles. The summed E-state index contributed by atoms with van der Waals surface area (Å²) in [7, 11) is -5.02. The number of ether oxygens (including phenoxy) is 2. The second kappa shape index (κ2) is 32.9. The van der Waals surface area contributed by atoms with E-state index in [-0.39, 0.29) is 13.0 Å². The van der Waals surface area contributed by atoms with Crippen LogP contribution in [0.15, 0.2) is 12.3 Å². The third kappa shape index (κ3) is 25.2. The van der Waals surface area contributed by atoms with Gasteiger partial charge in [0.15, 0.2) is 6.10 Å². The molecule has 0 aromatic rings. The van der Waals surface area contributed by atoms with Crippen molar-refractivity contribution in [3.8, 4) is 0 Å². The Morgan fingerprint density at radius 2 is 0.963 bits per heavy atom. The van der Waals surface area contributed by atoms with Crippen LogP contribution in [0.25, 0.3) is 0 Å². The van der Waals surface area contributed by atoms with E-state index >= 15 is 0 Å². The zero-order chi connectivity index (χ0) is 39.9. The van der Waals surface area contributed by atoms with E-state index in [2.05, 4.69) is 13.8 Å². The Labute approximate surface area is 327 Å². The summed E-state index contributed by atoms with van der Waals surface area (Å²) in [5.41, 5.74) is 0. The van der Waals surface area contributed by atoms with Crippen molar-refractivity contribution in [1.82, 2.24) is 0 Å². The molecule has 320 valence electrons. The molecule has 0 aromatic carbocycles. The molecule has 0 amide bonds. The summed E-state index contributed by atoms with van der Waals surface area (Å²) in [5, 5.41) is 50.0. The third-order valence-electron chi connectivity index (χ3n) is 10.2. The first-order valence-electron chi connectivity index (χ1n) is 21.6. The Hall–Kier alpha value is -1.08. The third-order valence-corrected chi connectivity index (χ3v) is 11.2. The normalized spacial score (nSPS) is 23.4. The van der Waals surface area contributed by atoms with Crippen LogP contribution >= 0.6 is 7.82 Å². The summed E-state index contributed by atoms with van der Waals surface area (Å²) in [4.78, 5) is 23.0. The average molecular weight is 795 g/mol. The van der Waals surface area contributed by atoms with Crippen LogP contribution in [-0.4, -0.2) is 92.3 Å². The number of esters is 1. The Kier molecular flexibility index (Phi) is 31.1. The lowest BCUT2D eigenvalue weighted by atomic mass is 9.85. The predicted octanol–water partition coefficient (Wildman–Crippen LogP) is 8.32. The number of hydrogen-bond donors (Lipinski definition) is 6. The monoisotopic (exact) mass is 795 g/mol. The molecule has 1 fully saturated rings. The number of hydrogen-bond acceptors (Lipinski definition) is 11. The minimum absolute atomic E-state index is 0.155. The molecule has 6 unspecified atom stereocenters. The quantitative estimate of drug-likeness (QED) is 0.0154. The second-order valence-electron chi connectivity index (χ2n) is 15.3. The maximum absolute atomic E-state index is 12.8. The molecule has 0 aromatic heterocycles. The van der Waals surface area contributed by atoms with Crippen molar-refractivity contribution in [3.63, 3.8) is 0 Å². The summed E-state index contributed by atoms with van der Waals surface area (Å²) in [6.45, 7) is 3.72. The highest BCUT2D eigenvalue weighted by Crippen LogP contribution is 2.47. The van der Waals surface area contributed by atoms with Gasteiger partial charge in [0.05, 0.1) is 12.9 Å². The van der Waals surface area contributed by atoms with E-state index in [0.29, 0.717) is 6.42 Å². The van der Waals surface area contributed by atoms with Gasteiger partial charge in [0.25, 0.3) is 0 Å². The summed E-state index contributed by atoms with van der Waals surface area (Å²) >= 11 is 0. The Bertz CT molecular complexity index is 952. The van der Waals surface area contributed by atoms with Crippen LogP contribution in [0.2, 0.25) is 0 Å². The van der Waals surface area contributed by atoms with Crippen LogP contribution in [0.5, 0.6) is 0 Å². The zero-order valence-corrected chi connectivity index (χ0v) is 34.7. The first-order valence-corrected chi connectivity index (χ1v) is 23.1. The molecular formula is C41H79O12P. The maximum atomic E-state index is 12.8. The fourth-order valence-electron chi connectivity index (χ4n) is 6.73. The highest BCUT2D eigenvalue weighted by atomic mass is 31.2. The SMILES string of the molecule is CCCCCCCCCCCCCC/C=C\OC[C@H](COP(=O)(O)OC1C(O)C(O)C(O)[C@@H](O)C1O)OC(=O)CCCCCCCCCCCCCCC. The molecule has 1 saturated carbocycles. The molecule has 12 nitrogen and oxygen atoms in total. The van der Waals surface area contributed by atoms with Crippen molar-refractivity contribution in [2.24, 2.45) is 0 Å². The number of allylic oxidation sites excluding steroid dienone is 1. The van der Waals surface area contributed by atoms with Crippen LogP contribution in [0.3, 0.4) is 0 Å². The minimum atomic E-state index is -5.02. The fraction of sp³-hybridized carbons (Fsp3) is 0.927. The van der Waals surface area contributed by atoms with Crippen molar-refractivity contribution >= 4 is 13.8 Å². The van der Waals surface area contributed by atoms with Gasteiger partial charge in [0, 0.05) is 6.42 Å². The number of aliphatic hydroxyl groups is 5. The second-order valence-corrected chi connectivity index (χ2v) is 16.7. The lowest BCUT2D eigenvalue weighted by molar-refractivity contribution is -0.220. The molecule has 13 heteroatoms. The Morgan fingerprint density at radius 3 is 1.41 bits per heavy atom. The molecule has 54 heavy (non-hydrogen) atoms. The number of rotatable bonds is 36. The van der Waals surface area contributed by atoms with Crippen molar-refractivity contribution in [1.29, 1.82) is 0 Å². The molecule has 0 aliphatic heterocycles. The maximum Gasteiger partial charge on any atom is 0.472 e. The largest absolute Gasteiger partial charge is 0.498 e. The van der Waals surface area contributed by atoms with Gasteiger partial charge < -0.3 is 39.9 Å². The molecule has 0 spiro atoms. The van der Waals surface area contributed by atoms with Crippen molar-refractivity contribution < 1.29 is 58.3 Å². The summed E-state index contributed by atoms with van der Waals surface area (Å²) in [6.07, 6.45) is 22.2. The van der Waals surface area contributed by atoms with Crippen molar-refractivity contribution in [2.45, 2.75) is 230 Å². The molecule has 0 bridgehead atoms. The Morgan fingerprint density at radius 1 is 0.574 bits per heavy atom. The van der Waals surface area contributed by atoms with Crippen LogP contribution in [0, 0.1) is 0 Å². The summed E-state index contributed by atoms with van der Waals surface area (Å²) in [6, 6.07) is 0. The van der Waals surface area contributed by atoms with Gasteiger partial charge >= 0.3 is 13.8 Å². The van der Waals surface area contributed by atoms with E-state index in [9.17, 15) is 39.8 Å². The Balaban J connectivity index is 2.45. The lowest BCUT2D eigenvalue weighted by Crippen LogP contribution is -2.64. The van der Waals surface area contributed by atoms with Gasteiger partial charge in [-0.3, -0.25) is 13.8 Å². The average Bonchev–Trinajstić information content (AvgIpc) is 3.15. The van der Waals surface area contributed by atoms with Gasteiger partial charge in [-0.1, -0.05) is 162 Å². The van der Waals surface area contributed by atoms with E-state index in [0.717, 1.165) is 38.5 Å². The smallest absolute Gasteiger partial charge is 0.472 e. The number of carbonyl (C=O) groups is 1. The first-order chi connectivity index (χ1) is 26.0. The number of phosphoric acid groups is 1. The number of carbonyl (C=O) groups excluding carboxylic acids is 1. The van der Waals surface area contributed by atoms with Gasteiger partial charge in [-0.15, -0.1) is 0 Å². The number of phosphoric ester groups is 1.